The number of ether oxygens (including phenoxy) is 2. The van der Waals surface area contributed by atoms with Crippen molar-refractivity contribution >= 4 is 17.6 Å². The van der Waals surface area contributed by atoms with Crippen LogP contribution in [0.3, 0.4) is 0 Å². The Balaban J connectivity index is 1.76. The minimum absolute atomic E-state index is 0.0830. The van der Waals surface area contributed by atoms with Gasteiger partial charge in [0.25, 0.3) is 5.91 Å². The number of esters is 1. The summed E-state index contributed by atoms with van der Waals surface area (Å²) < 4.78 is 10.4. The molecule has 0 spiro atoms. The Morgan fingerprint density at radius 2 is 1.86 bits per heavy atom. The SMILES string of the molecule is COC(=O)C1=C(Nc2ccc(Oc3nc(C)cc(C)n3)cc2)C(=O)N(CCO)C1. The van der Waals surface area contributed by atoms with Crippen molar-refractivity contribution in [2.24, 2.45) is 0 Å². The van der Waals surface area contributed by atoms with Crippen LogP contribution in [0.15, 0.2) is 41.6 Å². The van der Waals surface area contributed by atoms with Gasteiger partial charge in [-0.2, -0.15) is 0 Å². The second-order valence-corrected chi connectivity index (χ2v) is 6.48. The molecule has 1 aliphatic rings. The van der Waals surface area contributed by atoms with Gasteiger partial charge in [0.2, 0.25) is 0 Å². The van der Waals surface area contributed by atoms with Gasteiger partial charge < -0.3 is 24.8 Å². The molecule has 29 heavy (non-hydrogen) atoms. The number of anilines is 1. The van der Waals surface area contributed by atoms with Gasteiger partial charge >= 0.3 is 12.0 Å². The molecule has 2 aromatic rings. The molecule has 2 N–H and O–H groups in total. The van der Waals surface area contributed by atoms with E-state index >= 15 is 0 Å². The van der Waals surface area contributed by atoms with Gasteiger partial charge in [0.05, 0.1) is 25.8 Å². The summed E-state index contributed by atoms with van der Waals surface area (Å²) >= 11 is 0. The number of rotatable bonds is 7. The lowest BCUT2D eigenvalue weighted by molar-refractivity contribution is -0.136. The fraction of sp³-hybridized carbons (Fsp3) is 0.300. The number of aryl methyl sites for hydroxylation is 2. The van der Waals surface area contributed by atoms with Gasteiger partial charge in [0.1, 0.15) is 11.4 Å². The van der Waals surface area contributed by atoms with Gasteiger partial charge in [0.15, 0.2) is 0 Å². The number of methoxy groups -OCH3 is 1. The number of amides is 1. The van der Waals surface area contributed by atoms with E-state index in [1.54, 1.807) is 24.3 Å². The van der Waals surface area contributed by atoms with Crippen molar-refractivity contribution in [3.63, 3.8) is 0 Å². The summed E-state index contributed by atoms with van der Waals surface area (Å²) in [7, 11) is 1.26. The Bertz CT molecular complexity index is 936. The van der Waals surface area contributed by atoms with Crippen LogP contribution in [0.4, 0.5) is 5.69 Å². The molecule has 0 saturated carbocycles. The normalized spacial score (nSPS) is 13.7. The smallest absolute Gasteiger partial charge is 0.337 e. The zero-order chi connectivity index (χ0) is 21.0. The molecular weight excluding hydrogens is 376 g/mol. The fourth-order valence-electron chi connectivity index (χ4n) is 2.94. The van der Waals surface area contributed by atoms with E-state index in [0.717, 1.165) is 11.4 Å². The van der Waals surface area contributed by atoms with Crippen molar-refractivity contribution in [3.8, 4) is 11.8 Å². The third-order valence-electron chi connectivity index (χ3n) is 4.25. The molecule has 9 heteroatoms. The lowest BCUT2D eigenvalue weighted by atomic mass is 10.2. The van der Waals surface area contributed by atoms with E-state index in [9.17, 15) is 9.59 Å². The number of carbonyl (C=O) groups is 2. The molecule has 1 aliphatic heterocycles. The molecule has 9 nitrogen and oxygen atoms in total. The number of β-amino-alcohol motifs (C(OH)–C–C–N with tert-alkyl or cyclic N) is 1. The largest absolute Gasteiger partial charge is 0.466 e. The van der Waals surface area contributed by atoms with Crippen LogP contribution in [0.1, 0.15) is 11.4 Å². The zero-order valence-electron chi connectivity index (χ0n) is 16.4. The molecule has 1 aromatic heterocycles. The van der Waals surface area contributed by atoms with Crippen LogP contribution in [-0.4, -0.2) is 58.7 Å². The maximum atomic E-state index is 12.5. The lowest BCUT2D eigenvalue weighted by Crippen LogP contribution is -2.31. The Labute approximate surface area is 168 Å². The summed E-state index contributed by atoms with van der Waals surface area (Å²) in [5, 5.41) is 12.1. The quantitative estimate of drug-likeness (QED) is 0.676. The van der Waals surface area contributed by atoms with E-state index in [4.69, 9.17) is 14.6 Å². The first-order valence-corrected chi connectivity index (χ1v) is 9.00. The van der Waals surface area contributed by atoms with Crippen LogP contribution >= 0.6 is 0 Å². The van der Waals surface area contributed by atoms with Crippen LogP contribution in [-0.2, 0) is 14.3 Å². The van der Waals surface area contributed by atoms with Crippen LogP contribution < -0.4 is 10.1 Å². The highest BCUT2D eigenvalue weighted by Gasteiger charge is 2.34. The Hall–Kier alpha value is -3.46. The molecule has 0 unspecified atom stereocenters. The number of aliphatic hydroxyl groups excluding tert-OH is 1. The molecule has 2 heterocycles. The van der Waals surface area contributed by atoms with E-state index in [2.05, 4.69) is 15.3 Å². The first-order chi connectivity index (χ1) is 13.9. The second kappa shape index (κ2) is 8.70. The number of nitrogens with one attached hydrogen (secondary N) is 1. The highest BCUT2D eigenvalue weighted by molar-refractivity contribution is 6.08. The van der Waals surface area contributed by atoms with Gasteiger partial charge in [-0.25, -0.2) is 14.8 Å². The molecule has 0 aliphatic carbocycles. The standard InChI is InChI=1S/C20H22N4O5/c1-12-10-13(2)22-20(21-12)29-15-6-4-14(5-7-15)23-17-16(19(27)28-3)11-24(8-9-25)18(17)26/h4-7,10,23,25H,8-9,11H2,1-3H3. The molecule has 0 fully saturated rings. The highest BCUT2D eigenvalue weighted by Crippen LogP contribution is 2.25. The zero-order valence-corrected chi connectivity index (χ0v) is 16.4. The molecule has 0 radical (unpaired) electrons. The number of benzene rings is 1. The van der Waals surface area contributed by atoms with Crippen molar-refractivity contribution in [2.75, 3.05) is 32.1 Å². The Morgan fingerprint density at radius 1 is 1.21 bits per heavy atom. The number of aliphatic hydroxyl groups is 1. The summed E-state index contributed by atoms with van der Waals surface area (Å²) in [6.45, 7) is 3.74. The van der Waals surface area contributed by atoms with Gasteiger partial charge in [-0.15, -0.1) is 0 Å². The summed E-state index contributed by atoms with van der Waals surface area (Å²) in [6.07, 6.45) is 0. The minimum Gasteiger partial charge on any atom is -0.466 e. The van der Waals surface area contributed by atoms with E-state index in [0.29, 0.717) is 11.4 Å². The van der Waals surface area contributed by atoms with Crippen molar-refractivity contribution in [1.82, 2.24) is 14.9 Å². The van der Waals surface area contributed by atoms with Crippen LogP contribution in [0, 0.1) is 13.8 Å². The van der Waals surface area contributed by atoms with Crippen LogP contribution in [0.25, 0.3) is 0 Å². The molecule has 0 saturated heterocycles. The molecule has 3 rings (SSSR count). The number of aromatic nitrogens is 2. The average Bonchev–Trinajstić information content (AvgIpc) is 2.98. The Morgan fingerprint density at radius 3 is 2.45 bits per heavy atom. The molecule has 152 valence electrons. The van der Waals surface area contributed by atoms with Crippen LogP contribution in [0.5, 0.6) is 11.8 Å². The van der Waals surface area contributed by atoms with Crippen molar-refractivity contribution in [2.45, 2.75) is 13.8 Å². The van der Waals surface area contributed by atoms with E-state index in [1.807, 2.05) is 19.9 Å². The predicted octanol–water partition coefficient (Wildman–Crippen LogP) is 1.56. The lowest BCUT2D eigenvalue weighted by Gasteiger charge is -2.15. The van der Waals surface area contributed by atoms with E-state index < -0.39 is 5.97 Å². The van der Waals surface area contributed by atoms with Crippen molar-refractivity contribution < 1.29 is 24.2 Å². The molecular formula is C20H22N4O5. The third-order valence-corrected chi connectivity index (χ3v) is 4.25. The van der Waals surface area contributed by atoms with Gasteiger partial charge in [-0.3, -0.25) is 4.79 Å². The summed E-state index contributed by atoms with van der Waals surface area (Å²) in [5.41, 5.74) is 2.56. The van der Waals surface area contributed by atoms with Crippen LogP contribution in [0.2, 0.25) is 0 Å². The third kappa shape index (κ3) is 4.69. The number of hydrogen-bond donors (Lipinski definition) is 2. The maximum absolute atomic E-state index is 12.5. The molecule has 0 atom stereocenters. The topological polar surface area (TPSA) is 114 Å². The summed E-state index contributed by atoms with van der Waals surface area (Å²) in [6, 6.07) is 8.93. The minimum atomic E-state index is -0.590. The van der Waals surface area contributed by atoms with Gasteiger partial charge in [0, 0.05) is 23.6 Å². The highest BCUT2D eigenvalue weighted by atomic mass is 16.5. The molecule has 0 bridgehead atoms. The summed E-state index contributed by atoms with van der Waals surface area (Å²) in [5.74, 6) is -0.431. The van der Waals surface area contributed by atoms with Gasteiger partial charge in [-0.1, -0.05) is 0 Å². The number of nitrogens with zero attached hydrogens (tertiary/aromatic N) is 3. The first kappa shape index (κ1) is 20.3. The van der Waals surface area contributed by atoms with E-state index in [-0.39, 0.29) is 42.9 Å². The van der Waals surface area contributed by atoms with E-state index in [1.165, 1.54) is 12.0 Å². The van der Waals surface area contributed by atoms with Gasteiger partial charge in [-0.05, 0) is 44.2 Å². The Kier molecular flexibility index (Phi) is 6.08. The molecule has 1 amide bonds. The second-order valence-electron chi connectivity index (χ2n) is 6.48. The maximum Gasteiger partial charge on any atom is 0.337 e. The van der Waals surface area contributed by atoms with Crippen molar-refractivity contribution in [3.05, 3.63) is 53.0 Å². The summed E-state index contributed by atoms with van der Waals surface area (Å²) in [4.78, 5) is 34.4. The average molecular weight is 398 g/mol. The predicted molar refractivity (Wildman–Crippen MR) is 104 cm³/mol. The number of carbonyl (C=O) groups excluding carboxylic acids is 2. The first-order valence-electron chi connectivity index (χ1n) is 9.00. The van der Waals surface area contributed by atoms with Crippen molar-refractivity contribution in [1.29, 1.82) is 0 Å². The number of hydrogen-bond acceptors (Lipinski definition) is 8. The molecule has 1 aromatic carbocycles. The fourth-order valence-corrected chi connectivity index (χ4v) is 2.94. The monoisotopic (exact) mass is 398 g/mol.